The molecule has 9 heteroatoms. The van der Waals surface area contributed by atoms with Crippen LogP contribution in [0.4, 0.5) is 10.2 Å². The second-order valence-corrected chi connectivity index (χ2v) is 7.65. The van der Waals surface area contributed by atoms with Crippen molar-refractivity contribution in [3.8, 4) is 11.5 Å². The second kappa shape index (κ2) is 9.47. The summed E-state index contributed by atoms with van der Waals surface area (Å²) in [4.78, 5) is 33.7. The summed E-state index contributed by atoms with van der Waals surface area (Å²) in [5.41, 5.74) is 1.15. The zero-order chi connectivity index (χ0) is 23.4. The van der Waals surface area contributed by atoms with Crippen LogP contribution in [0.3, 0.4) is 0 Å². The molecule has 33 heavy (non-hydrogen) atoms. The highest BCUT2D eigenvalue weighted by atomic mass is 19.1. The number of hydrogen-bond donors (Lipinski definition) is 1. The Kier molecular flexibility index (Phi) is 6.30. The van der Waals surface area contributed by atoms with Crippen LogP contribution in [0.5, 0.6) is 0 Å². The van der Waals surface area contributed by atoms with Crippen molar-refractivity contribution in [3.05, 3.63) is 89.8 Å². The fraction of sp³-hybridized carbons (Fsp3) is 0.167. The van der Waals surface area contributed by atoms with Crippen molar-refractivity contribution < 1.29 is 14.0 Å². The van der Waals surface area contributed by atoms with Crippen LogP contribution in [0.15, 0.2) is 67.1 Å². The van der Waals surface area contributed by atoms with Gasteiger partial charge in [-0.15, -0.1) is 10.2 Å². The van der Waals surface area contributed by atoms with Crippen LogP contribution in [0.2, 0.25) is 0 Å². The fourth-order valence-corrected chi connectivity index (χ4v) is 3.28. The van der Waals surface area contributed by atoms with E-state index in [9.17, 15) is 14.0 Å². The Morgan fingerprint density at radius 1 is 1.09 bits per heavy atom. The standard InChI is InChI=1S/C24H21FN6O2/c1-15(2)31-14-27-30-23(31)20-7-5-8-22(28-20)29-24(33)17-12-16(9-10-18(17)25)13-21(32)19-6-3-4-11-26-19/h3-12,14-15H,13H2,1-2H3,(H,28,29,33). The SMILES string of the molecule is CC(C)n1cnnc1-c1cccc(NC(=O)c2cc(CC(=O)c3ccccn3)ccc2F)n1. The molecule has 1 amide bonds. The zero-order valence-electron chi connectivity index (χ0n) is 18.1. The van der Waals surface area contributed by atoms with Crippen LogP contribution < -0.4 is 5.32 Å². The van der Waals surface area contributed by atoms with Gasteiger partial charge in [-0.25, -0.2) is 9.37 Å². The van der Waals surface area contributed by atoms with E-state index < -0.39 is 11.7 Å². The molecule has 1 N–H and O–H groups in total. The van der Waals surface area contributed by atoms with Crippen molar-refractivity contribution in [3.63, 3.8) is 0 Å². The molecular formula is C24H21FN6O2. The highest BCUT2D eigenvalue weighted by Crippen LogP contribution is 2.21. The molecule has 4 rings (SSSR count). The van der Waals surface area contributed by atoms with Crippen molar-refractivity contribution in [2.24, 2.45) is 0 Å². The van der Waals surface area contributed by atoms with Crippen molar-refractivity contribution in [1.29, 1.82) is 0 Å². The number of nitrogens with zero attached hydrogens (tertiary/aromatic N) is 5. The minimum Gasteiger partial charge on any atom is -0.310 e. The lowest BCUT2D eigenvalue weighted by atomic mass is 10.0. The molecule has 0 aliphatic heterocycles. The maximum Gasteiger partial charge on any atom is 0.259 e. The van der Waals surface area contributed by atoms with Gasteiger partial charge in [-0.2, -0.15) is 0 Å². The van der Waals surface area contributed by atoms with Crippen molar-refractivity contribution in [2.45, 2.75) is 26.3 Å². The highest BCUT2D eigenvalue weighted by Gasteiger charge is 2.17. The highest BCUT2D eigenvalue weighted by molar-refractivity contribution is 6.04. The molecular weight excluding hydrogens is 423 g/mol. The van der Waals surface area contributed by atoms with Crippen LogP contribution in [-0.2, 0) is 6.42 Å². The first-order valence-corrected chi connectivity index (χ1v) is 10.3. The van der Waals surface area contributed by atoms with Crippen LogP contribution >= 0.6 is 0 Å². The van der Waals surface area contributed by atoms with E-state index in [1.165, 1.54) is 24.4 Å². The van der Waals surface area contributed by atoms with Gasteiger partial charge in [0.2, 0.25) is 0 Å². The summed E-state index contributed by atoms with van der Waals surface area (Å²) in [7, 11) is 0. The number of nitrogens with one attached hydrogen (secondary N) is 1. The Morgan fingerprint density at radius 3 is 2.70 bits per heavy atom. The predicted molar refractivity (Wildman–Crippen MR) is 120 cm³/mol. The van der Waals surface area contributed by atoms with E-state index in [-0.39, 0.29) is 29.6 Å². The van der Waals surface area contributed by atoms with E-state index in [4.69, 9.17) is 0 Å². The molecule has 0 fully saturated rings. The minimum atomic E-state index is -0.697. The normalized spacial score (nSPS) is 10.9. The number of hydrogen-bond acceptors (Lipinski definition) is 6. The largest absolute Gasteiger partial charge is 0.310 e. The van der Waals surface area contributed by atoms with E-state index in [1.807, 2.05) is 18.4 Å². The maximum absolute atomic E-state index is 14.4. The van der Waals surface area contributed by atoms with Gasteiger partial charge >= 0.3 is 0 Å². The number of carbonyl (C=O) groups is 2. The Labute approximate surface area is 189 Å². The smallest absolute Gasteiger partial charge is 0.259 e. The number of ketones is 1. The molecule has 3 aromatic heterocycles. The van der Waals surface area contributed by atoms with Crippen molar-refractivity contribution >= 4 is 17.5 Å². The van der Waals surface area contributed by atoms with Crippen LogP contribution in [0, 0.1) is 5.82 Å². The summed E-state index contributed by atoms with van der Waals surface area (Å²) in [6, 6.07) is 14.3. The molecule has 8 nitrogen and oxygen atoms in total. The number of carbonyl (C=O) groups excluding carboxylic acids is 2. The molecule has 0 aliphatic rings. The summed E-state index contributed by atoms with van der Waals surface area (Å²) < 4.78 is 16.3. The van der Waals surface area contributed by atoms with E-state index >= 15 is 0 Å². The predicted octanol–water partition coefficient (Wildman–Crippen LogP) is 4.13. The van der Waals surface area contributed by atoms with Gasteiger partial charge in [0, 0.05) is 18.7 Å². The summed E-state index contributed by atoms with van der Waals surface area (Å²) in [6.07, 6.45) is 3.14. The number of benzene rings is 1. The molecule has 0 saturated heterocycles. The molecule has 166 valence electrons. The van der Waals surface area contributed by atoms with Crippen molar-refractivity contribution in [1.82, 2.24) is 24.7 Å². The van der Waals surface area contributed by atoms with E-state index in [0.29, 0.717) is 22.8 Å². The number of amides is 1. The number of aromatic nitrogens is 5. The number of anilines is 1. The van der Waals surface area contributed by atoms with Gasteiger partial charge in [-0.05, 0) is 55.8 Å². The summed E-state index contributed by atoms with van der Waals surface area (Å²) in [6.45, 7) is 3.99. The van der Waals surface area contributed by atoms with Gasteiger partial charge in [0.1, 0.15) is 29.4 Å². The minimum absolute atomic E-state index is 0.00380. The lowest BCUT2D eigenvalue weighted by molar-refractivity contribution is 0.0984. The van der Waals surface area contributed by atoms with Gasteiger partial charge in [-0.3, -0.25) is 14.6 Å². The fourth-order valence-electron chi connectivity index (χ4n) is 3.28. The zero-order valence-corrected chi connectivity index (χ0v) is 18.1. The van der Waals surface area contributed by atoms with Gasteiger partial charge < -0.3 is 9.88 Å². The summed E-state index contributed by atoms with van der Waals surface area (Å²) in [5.74, 6) is -0.795. The number of halogens is 1. The Balaban J connectivity index is 1.54. The number of Topliss-reactive ketones (excluding diaryl/α,β-unsaturated/α-hetero) is 1. The molecule has 1 aromatic carbocycles. The summed E-state index contributed by atoms with van der Waals surface area (Å²) >= 11 is 0. The van der Waals surface area contributed by atoms with Crippen molar-refractivity contribution in [2.75, 3.05) is 5.32 Å². The monoisotopic (exact) mass is 444 g/mol. The molecule has 0 radical (unpaired) electrons. The molecule has 0 saturated carbocycles. The molecule has 0 unspecified atom stereocenters. The van der Waals surface area contributed by atoms with Gasteiger partial charge in [-0.1, -0.05) is 18.2 Å². The van der Waals surface area contributed by atoms with E-state index in [2.05, 4.69) is 25.5 Å². The van der Waals surface area contributed by atoms with E-state index in [1.54, 1.807) is 42.7 Å². The average Bonchev–Trinajstić information content (AvgIpc) is 3.31. The Bertz CT molecular complexity index is 1300. The molecule has 0 atom stereocenters. The van der Waals surface area contributed by atoms with Crippen LogP contribution in [0.1, 0.15) is 46.3 Å². The molecule has 4 aromatic rings. The molecule has 0 bridgehead atoms. The van der Waals surface area contributed by atoms with Gasteiger partial charge in [0.15, 0.2) is 11.6 Å². The lowest BCUT2D eigenvalue weighted by Crippen LogP contribution is -2.16. The Morgan fingerprint density at radius 2 is 1.94 bits per heavy atom. The third kappa shape index (κ3) is 4.98. The first kappa shape index (κ1) is 21.9. The first-order valence-electron chi connectivity index (χ1n) is 10.3. The topological polar surface area (TPSA) is 103 Å². The second-order valence-electron chi connectivity index (χ2n) is 7.65. The van der Waals surface area contributed by atoms with Crippen LogP contribution in [0.25, 0.3) is 11.5 Å². The van der Waals surface area contributed by atoms with E-state index in [0.717, 1.165) is 0 Å². The molecule has 0 spiro atoms. The molecule has 3 heterocycles. The number of pyridine rings is 2. The van der Waals surface area contributed by atoms with Crippen LogP contribution in [-0.4, -0.2) is 36.4 Å². The maximum atomic E-state index is 14.4. The first-order chi connectivity index (χ1) is 15.9. The third-order valence-corrected chi connectivity index (χ3v) is 4.94. The number of rotatable bonds is 7. The third-order valence-electron chi connectivity index (χ3n) is 4.94. The van der Waals surface area contributed by atoms with Gasteiger partial charge in [0.25, 0.3) is 5.91 Å². The summed E-state index contributed by atoms with van der Waals surface area (Å²) in [5, 5.41) is 10.7. The Hall–Kier alpha value is -4.27. The average molecular weight is 444 g/mol. The van der Waals surface area contributed by atoms with Gasteiger partial charge in [0.05, 0.1) is 5.56 Å². The quantitative estimate of drug-likeness (QED) is 0.430. The molecule has 0 aliphatic carbocycles. The lowest BCUT2D eigenvalue weighted by Gasteiger charge is -2.11.